The van der Waals surface area contributed by atoms with Gasteiger partial charge in [0, 0.05) is 0 Å². The lowest BCUT2D eigenvalue weighted by atomic mass is 9.31. The van der Waals surface area contributed by atoms with Gasteiger partial charge in [0.25, 0.3) is 0 Å². The van der Waals surface area contributed by atoms with Crippen molar-refractivity contribution in [2.45, 2.75) is 131 Å². The van der Waals surface area contributed by atoms with Gasteiger partial charge in [0.1, 0.15) is 0 Å². The van der Waals surface area contributed by atoms with Crippen molar-refractivity contribution in [3.63, 3.8) is 0 Å². The average molecular weight is 477 g/mol. The Labute approximate surface area is 207 Å². The first-order valence-electron chi connectivity index (χ1n) is 14.2. The van der Waals surface area contributed by atoms with E-state index < -0.39 is 17.8 Å². The van der Waals surface area contributed by atoms with Crippen LogP contribution in [0.1, 0.15) is 107 Å². The van der Waals surface area contributed by atoms with Gasteiger partial charge in [-0.05, 0) is 122 Å². The normalized spacial score (nSPS) is 58.9. The van der Waals surface area contributed by atoms with Crippen molar-refractivity contribution >= 4 is 0 Å². The van der Waals surface area contributed by atoms with E-state index in [1.54, 1.807) is 0 Å². The van der Waals surface area contributed by atoms with E-state index in [9.17, 15) is 20.4 Å². The summed E-state index contributed by atoms with van der Waals surface area (Å²) in [6.45, 7) is 17.9. The molecule has 196 valence electrons. The zero-order valence-corrected chi connectivity index (χ0v) is 23.1. The molecule has 34 heavy (non-hydrogen) atoms. The number of aliphatic hydroxyl groups excluding tert-OH is 3. The molecule has 5 aliphatic rings. The molecule has 4 N–H and O–H groups in total. The summed E-state index contributed by atoms with van der Waals surface area (Å²) in [6, 6.07) is 0. The number of fused-ring (bicyclic) bond motifs is 7. The third-order valence-corrected chi connectivity index (χ3v) is 13.7. The quantitative estimate of drug-likeness (QED) is 0.421. The summed E-state index contributed by atoms with van der Waals surface area (Å²) in [5.74, 6) is 1.37. The molecule has 0 radical (unpaired) electrons. The van der Waals surface area contributed by atoms with Crippen LogP contribution < -0.4 is 0 Å². The van der Waals surface area contributed by atoms with Gasteiger partial charge in [-0.2, -0.15) is 0 Å². The molecule has 0 amide bonds. The van der Waals surface area contributed by atoms with Gasteiger partial charge in [-0.1, -0.05) is 41.5 Å². The summed E-state index contributed by atoms with van der Waals surface area (Å²) in [5, 5.41) is 45.4. The van der Waals surface area contributed by atoms with Crippen LogP contribution in [0.3, 0.4) is 0 Å². The topological polar surface area (TPSA) is 80.9 Å². The molecule has 5 rings (SSSR count). The zero-order chi connectivity index (χ0) is 25.3. The van der Waals surface area contributed by atoms with Crippen LogP contribution in [0.4, 0.5) is 0 Å². The predicted molar refractivity (Wildman–Crippen MR) is 135 cm³/mol. The van der Waals surface area contributed by atoms with Crippen molar-refractivity contribution in [3.8, 4) is 0 Å². The molecule has 4 heteroatoms. The van der Waals surface area contributed by atoms with Gasteiger partial charge in [-0.25, -0.2) is 0 Å². The minimum absolute atomic E-state index is 0.00284. The summed E-state index contributed by atoms with van der Waals surface area (Å²) in [5.41, 5.74) is -1.15. The van der Waals surface area contributed by atoms with Crippen molar-refractivity contribution in [2.24, 2.45) is 56.7 Å². The molecular formula is C30H52O4. The van der Waals surface area contributed by atoms with Gasteiger partial charge in [-0.3, -0.25) is 0 Å². The number of aliphatic hydroxyl groups is 4. The van der Waals surface area contributed by atoms with Crippen LogP contribution in [-0.4, -0.2) is 44.3 Å². The lowest BCUT2D eigenvalue weighted by Gasteiger charge is -2.74. The molecule has 5 aliphatic carbocycles. The van der Waals surface area contributed by atoms with Gasteiger partial charge >= 0.3 is 0 Å². The Hall–Kier alpha value is -0.160. The molecule has 0 spiro atoms. The van der Waals surface area contributed by atoms with Crippen molar-refractivity contribution in [2.75, 3.05) is 0 Å². The summed E-state index contributed by atoms with van der Waals surface area (Å²) in [6.07, 6.45) is 6.55. The minimum atomic E-state index is -0.769. The molecule has 0 aromatic rings. The second kappa shape index (κ2) is 7.23. The summed E-state index contributed by atoms with van der Waals surface area (Å²) < 4.78 is 0. The van der Waals surface area contributed by atoms with E-state index in [0.29, 0.717) is 11.8 Å². The smallest absolute Gasteiger partial charge is 0.0623 e. The van der Waals surface area contributed by atoms with Crippen LogP contribution in [0.25, 0.3) is 0 Å². The number of hydrogen-bond donors (Lipinski definition) is 4. The first-order valence-corrected chi connectivity index (χ1v) is 14.2. The average Bonchev–Trinajstić information content (AvgIpc) is 3.05. The standard InChI is InChI=1S/C30H52O4/c1-25(2)22(33)12-14-28(6)21-10-9-20-27(5)13-11-17(26(3,4)34)23(27)18(31)15-29(20,7)30(21,8)16-19(32)24(25)28/h17-24,31-34H,9-16H2,1-8H3/t17-,18?,19?,20?,21?,22+,23?,24?,27?,28-,29?,30-/m1/s1. The first kappa shape index (κ1) is 25.5. The molecule has 5 fully saturated rings. The Bertz CT molecular complexity index is 832. The maximum atomic E-state index is 11.8. The summed E-state index contributed by atoms with van der Waals surface area (Å²) in [4.78, 5) is 0. The molecule has 0 bridgehead atoms. The molecule has 8 unspecified atom stereocenters. The molecule has 4 nitrogen and oxygen atoms in total. The number of rotatable bonds is 1. The highest BCUT2D eigenvalue weighted by Crippen LogP contribution is 2.78. The fourth-order valence-electron chi connectivity index (χ4n) is 12.3. The van der Waals surface area contributed by atoms with E-state index >= 15 is 0 Å². The van der Waals surface area contributed by atoms with Gasteiger partial charge < -0.3 is 20.4 Å². The van der Waals surface area contributed by atoms with E-state index in [1.807, 2.05) is 13.8 Å². The Morgan fingerprint density at radius 3 is 1.74 bits per heavy atom. The van der Waals surface area contributed by atoms with E-state index in [-0.39, 0.29) is 50.9 Å². The van der Waals surface area contributed by atoms with Gasteiger partial charge in [0.05, 0.1) is 23.9 Å². The van der Waals surface area contributed by atoms with Crippen molar-refractivity contribution in [1.29, 1.82) is 0 Å². The maximum absolute atomic E-state index is 11.8. The van der Waals surface area contributed by atoms with Crippen LogP contribution in [0.5, 0.6) is 0 Å². The lowest BCUT2D eigenvalue weighted by molar-refractivity contribution is -0.289. The van der Waals surface area contributed by atoms with Crippen LogP contribution >= 0.6 is 0 Å². The highest BCUT2D eigenvalue weighted by atomic mass is 16.3. The lowest BCUT2D eigenvalue weighted by Crippen LogP contribution is -2.71. The van der Waals surface area contributed by atoms with Crippen molar-refractivity contribution in [1.82, 2.24) is 0 Å². The maximum Gasteiger partial charge on any atom is 0.0623 e. The Balaban J connectivity index is 1.57. The van der Waals surface area contributed by atoms with Crippen LogP contribution in [0.15, 0.2) is 0 Å². The molecule has 0 aromatic heterocycles. The largest absolute Gasteiger partial charge is 0.393 e. The monoisotopic (exact) mass is 476 g/mol. The van der Waals surface area contributed by atoms with Crippen LogP contribution in [0.2, 0.25) is 0 Å². The van der Waals surface area contributed by atoms with Gasteiger partial charge in [0.15, 0.2) is 0 Å². The second-order valence-corrected chi connectivity index (χ2v) is 15.8. The molecular weight excluding hydrogens is 424 g/mol. The van der Waals surface area contributed by atoms with Crippen molar-refractivity contribution in [3.05, 3.63) is 0 Å². The van der Waals surface area contributed by atoms with Gasteiger partial charge in [-0.15, -0.1) is 0 Å². The molecule has 0 aromatic carbocycles. The molecule has 5 saturated carbocycles. The molecule has 12 atom stereocenters. The molecule has 0 aliphatic heterocycles. The highest BCUT2D eigenvalue weighted by Gasteiger charge is 2.74. The predicted octanol–water partition coefficient (Wildman–Crippen LogP) is 5.16. The second-order valence-electron chi connectivity index (χ2n) is 15.8. The highest BCUT2D eigenvalue weighted by molar-refractivity contribution is 5.22. The van der Waals surface area contributed by atoms with E-state index in [4.69, 9.17) is 0 Å². The fourth-order valence-corrected chi connectivity index (χ4v) is 12.3. The molecule has 0 heterocycles. The fraction of sp³-hybridized carbons (Fsp3) is 1.00. The summed E-state index contributed by atoms with van der Waals surface area (Å²) in [7, 11) is 0. The van der Waals surface area contributed by atoms with E-state index in [2.05, 4.69) is 41.5 Å². The van der Waals surface area contributed by atoms with Crippen molar-refractivity contribution < 1.29 is 20.4 Å². The van der Waals surface area contributed by atoms with Gasteiger partial charge in [0.2, 0.25) is 0 Å². The van der Waals surface area contributed by atoms with Crippen LogP contribution in [0, 0.1) is 56.7 Å². The van der Waals surface area contributed by atoms with Crippen LogP contribution in [-0.2, 0) is 0 Å². The molecule has 0 saturated heterocycles. The zero-order valence-electron chi connectivity index (χ0n) is 23.1. The van der Waals surface area contributed by atoms with E-state index in [0.717, 1.165) is 38.5 Å². The minimum Gasteiger partial charge on any atom is -0.393 e. The number of hydrogen-bond acceptors (Lipinski definition) is 4. The third kappa shape index (κ3) is 2.92. The Morgan fingerprint density at radius 1 is 0.676 bits per heavy atom. The Kier molecular flexibility index (Phi) is 5.42. The SMILES string of the molecule is CC12CC[C@@H](C(C)(C)O)C1C(O)CC1(C)C2CCC2[C@@]3(C)CC[C@H](O)C(C)(C)C3C(O)C[C@]21C. The Morgan fingerprint density at radius 2 is 1.18 bits per heavy atom. The summed E-state index contributed by atoms with van der Waals surface area (Å²) >= 11 is 0. The first-order chi connectivity index (χ1) is 15.4. The van der Waals surface area contributed by atoms with E-state index in [1.165, 1.54) is 12.8 Å². The third-order valence-electron chi connectivity index (χ3n) is 13.7.